The normalized spacial score (nSPS) is 49.4. The number of fused-ring (bicyclic) bond motifs is 1. The van der Waals surface area contributed by atoms with Crippen molar-refractivity contribution in [1.82, 2.24) is 4.90 Å². The Morgan fingerprint density at radius 3 is 2.27 bits per heavy atom. The summed E-state index contributed by atoms with van der Waals surface area (Å²) in [6, 6.07) is 0. The Morgan fingerprint density at radius 1 is 1.27 bits per heavy atom. The first-order chi connectivity index (χ1) is 5.10. The van der Waals surface area contributed by atoms with Crippen LogP contribution in [0.4, 0.5) is 0 Å². The highest BCUT2D eigenvalue weighted by atomic mass is 15.2. The lowest BCUT2D eigenvalue weighted by Crippen LogP contribution is -2.30. The van der Waals surface area contributed by atoms with Crippen molar-refractivity contribution in [3.05, 3.63) is 0 Å². The maximum atomic E-state index is 5.51. The van der Waals surface area contributed by atoms with Crippen LogP contribution in [0.5, 0.6) is 0 Å². The smallest absolute Gasteiger partial charge is 0.0105 e. The van der Waals surface area contributed by atoms with Crippen LogP contribution in [0.3, 0.4) is 0 Å². The number of rotatable bonds is 2. The summed E-state index contributed by atoms with van der Waals surface area (Å²) in [5, 5.41) is 0. The second-order valence-electron chi connectivity index (χ2n) is 4.80. The van der Waals surface area contributed by atoms with Crippen LogP contribution in [0.15, 0.2) is 0 Å². The Kier molecular flexibility index (Phi) is 1.37. The molecule has 0 aromatic rings. The molecule has 0 radical (unpaired) electrons. The molecule has 1 saturated carbocycles. The Bertz CT molecular complexity index is 164. The van der Waals surface area contributed by atoms with Gasteiger partial charge in [0.1, 0.15) is 0 Å². The summed E-state index contributed by atoms with van der Waals surface area (Å²) < 4.78 is 0. The predicted octanol–water partition coefficient (Wildman–Crippen LogP) is 0.677. The quantitative estimate of drug-likeness (QED) is 0.633. The third-order valence-electron chi connectivity index (χ3n) is 3.70. The molecule has 0 bridgehead atoms. The van der Waals surface area contributed by atoms with Crippen molar-refractivity contribution in [1.29, 1.82) is 0 Å². The summed E-state index contributed by atoms with van der Waals surface area (Å²) >= 11 is 0. The molecular formula is C9H18N2. The van der Waals surface area contributed by atoms with E-state index in [-0.39, 0.29) is 0 Å². The maximum Gasteiger partial charge on any atom is 0.0105 e. The van der Waals surface area contributed by atoms with Gasteiger partial charge in [-0.25, -0.2) is 0 Å². The first-order valence-corrected chi connectivity index (χ1v) is 4.52. The van der Waals surface area contributed by atoms with Crippen LogP contribution in [-0.4, -0.2) is 31.1 Å². The van der Waals surface area contributed by atoms with E-state index in [2.05, 4.69) is 18.7 Å². The van der Waals surface area contributed by atoms with E-state index < -0.39 is 0 Å². The van der Waals surface area contributed by atoms with E-state index in [0.29, 0.717) is 10.8 Å². The lowest BCUT2D eigenvalue weighted by Gasteiger charge is -2.18. The molecule has 0 spiro atoms. The van der Waals surface area contributed by atoms with Gasteiger partial charge in [-0.15, -0.1) is 0 Å². The van der Waals surface area contributed by atoms with Crippen LogP contribution >= 0.6 is 0 Å². The van der Waals surface area contributed by atoms with Crippen molar-refractivity contribution >= 4 is 0 Å². The standard InChI is InChI=1S/C9H18N2/c1-8-5-9(8,2)7-11(6-8)4-3-10/h3-7,10H2,1-2H3. The predicted molar refractivity (Wildman–Crippen MR) is 46.3 cm³/mol. The molecule has 2 rings (SSSR count). The Labute approximate surface area is 68.7 Å². The minimum atomic E-state index is 0.641. The second-order valence-corrected chi connectivity index (χ2v) is 4.80. The average molecular weight is 154 g/mol. The number of piperidine rings is 1. The molecule has 1 aliphatic carbocycles. The van der Waals surface area contributed by atoms with Crippen molar-refractivity contribution < 1.29 is 0 Å². The van der Waals surface area contributed by atoms with Gasteiger partial charge in [0.25, 0.3) is 0 Å². The molecule has 1 aliphatic heterocycles. The topological polar surface area (TPSA) is 29.3 Å². The third-order valence-corrected chi connectivity index (χ3v) is 3.70. The van der Waals surface area contributed by atoms with E-state index in [0.717, 1.165) is 13.1 Å². The number of hydrogen-bond donors (Lipinski definition) is 1. The molecule has 2 N–H and O–H groups in total. The second kappa shape index (κ2) is 1.99. The molecule has 1 heterocycles. The van der Waals surface area contributed by atoms with Crippen LogP contribution in [0.25, 0.3) is 0 Å². The van der Waals surface area contributed by atoms with Crippen LogP contribution in [0.2, 0.25) is 0 Å². The van der Waals surface area contributed by atoms with Gasteiger partial charge in [0.2, 0.25) is 0 Å². The van der Waals surface area contributed by atoms with Crippen molar-refractivity contribution in [3.8, 4) is 0 Å². The molecule has 2 heteroatoms. The first-order valence-electron chi connectivity index (χ1n) is 4.52. The van der Waals surface area contributed by atoms with Crippen molar-refractivity contribution in [2.75, 3.05) is 26.2 Å². The van der Waals surface area contributed by atoms with Gasteiger partial charge in [-0.2, -0.15) is 0 Å². The minimum absolute atomic E-state index is 0.641. The van der Waals surface area contributed by atoms with Gasteiger partial charge in [-0.3, -0.25) is 0 Å². The molecule has 11 heavy (non-hydrogen) atoms. The molecule has 2 nitrogen and oxygen atoms in total. The van der Waals surface area contributed by atoms with Crippen LogP contribution < -0.4 is 5.73 Å². The lowest BCUT2D eigenvalue weighted by molar-refractivity contribution is 0.285. The fourth-order valence-corrected chi connectivity index (χ4v) is 2.69. The molecule has 1 saturated heterocycles. The van der Waals surface area contributed by atoms with Gasteiger partial charge >= 0.3 is 0 Å². The summed E-state index contributed by atoms with van der Waals surface area (Å²) in [4.78, 5) is 2.50. The summed E-state index contributed by atoms with van der Waals surface area (Å²) in [7, 11) is 0. The number of nitrogens with two attached hydrogens (primary N) is 1. The van der Waals surface area contributed by atoms with E-state index >= 15 is 0 Å². The molecule has 2 aliphatic rings. The van der Waals surface area contributed by atoms with Crippen molar-refractivity contribution in [2.45, 2.75) is 20.3 Å². The molecule has 0 aromatic heterocycles. The molecule has 64 valence electrons. The van der Waals surface area contributed by atoms with Crippen molar-refractivity contribution in [3.63, 3.8) is 0 Å². The van der Waals surface area contributed by atoms with Gasteiger partial charge in [-0.1, -0.05) is 13.8 Å². The zero-order valence-corrected chi connectivity index (χ0v) is 7.56. The molecule has 0 aromatic carbocycles. The lowest BCUT2D eigenvalue weighted by atomic mass is 10.0. The SMILES string of the molecule is CC12CN(CCN)CC1(C)C2. The van der Waals surface area contributed by atoms with Gasteiger partial charge in [0.05, 0.1) is 0 Å². The number of likely N-dealkylation sites (tertiary alicyclic amines) is 1. The van der Waals surface area contributed by atoms with Crippen molar-refractivity contribution in [2.24, 2.45) is 16.6 Å². The van der Waals surface area contributed by atoms with Crippen LogP contribution in [0, 0.1) is 10.8 Å². The summed E-state index contributed by atoms with van der Waals surface area (Å²) in [5.74, 6) is 0. The maximum absolute atomic E-state index is 5.51. The van der Waals surface area contributed by atoms with Gasteiger partial charge in [0.15, 0.2) is 0 Å². The first kappa shape index (κ1) is 7.56. The average Bonchev–Trinajstić information content (AvgIpc) is 2.24. The fraction of sp³-hybridized carbons (Fsp3) is 1.00. The molecular weight excluding hydrogens is 136 g/mol. The van der Waals surface area contributed by atoms with E-state index in [4.69, 9.17) is 5.73 Å². The Morgan fingerprint density at radius 2 is 1.82 bits per heavy atom. The van der Waals surface area contributed by atoms with Gasteiger partial charge in [-0.05, 0) is 17.3 Å². The highest BCUT2D eigenvalue weighted by Gasteiger charge is 2.65. The Balaban J connectivity index is 1.96. The third kappa shape index (κ3) is 0.926. The van der Waals surface area contributed by atoms with Gasteiger partial charge in [0, 0.05) is 26.2 Å². The molecule has 2 unspecified atom stereocenters. The summed E-state index contributed by atoms with van der Waals surface area (Å²) in [6.45, 7) is 9.27. The number of nitrogens with zero attached hydrogens (tertiary/aromatic N) is 1. The van der Waals surface area contributed by atoms with Crippen LogP contribution in [0.1, 0.15) is 20.3 Å². The zero-order chi connectivity index (χ0) is 8.11. The van der Waals surface area contributed by atoms with E-state index in [1.807, 2.05) is 0 Å². The summed E-state index contributed by atoms with van der Waals surface area (Å²) in [6.07, 6.45) is 1.43. The molecule has 2 fully saturated rings. The van der Waals surface area contributed by atoms with E-state index in [9.17, 15) is 0 Å². The molecule has 0 amide bonds. The van der Waals surface area contributed by atoms with E-state index in [1.165, 1.54) is 19.5 Å². The van der Waals surface area contributed by atoms with E-state index in [1.54, 1.807) is 0 Å². The summed E-state index contributed by atoms with van der Waals surface area (Å²) in [5.41, 5.74) is 6.80. The Hall–Kier alpha value is -0.0800. The highest BCUT2D eigenvalue weighted by Crippen LogP contribution is 2.67. The monoisotopic (exact) mass is 154 g/mol. The largest absolute Gasteiger partial charge is 0.329 e. The van der Waals surface area contributed by atoms with Gasteiger partial charge < -0.3 is 10.6 Å². The number of hydrogen-bond acceptors (Lipinski definition) is 2. The minimum Gasteiger partial charge on any atom is -0.329 e. The van der Waals surface area contributed by atoms with Crippen LogP contribution in [-0.2, 0) is 0 Å². The molecule has 2 atom stereocenters. The highest BCUT2D eigenvalue weighted by molar-refractivity contribution is 5.16. The fourth-order valence-electron chi connectivity index (χ4n) is 2.69. The zero-order valence-electron chi connectivity index (χ0n) is 7.56.